The summed E-state index contributed by atoms with van der Waals surface area (Å²) in [5, 5.41) is 13.1. The molecule has 0 saturated heterocycles. The SMILES string of the molecule is C/C(=C/CNC(C)c1ccc(Cl)cc1Cl)C(=O)O. The monoisotopic (exact) mass is 287 g/mol. The summed E-state index contributed by atoms with van der Waals surface area (Å²) < 4.78 is 0. The van der Waals surface area contributed by atoms with Crippen molar-refractivity contribution in [3.05, 3.63) is 45.5 Å². The molecule has 0 aromatic heterocycles. The van der Waals surface area contributed by atoms with Crippen molar-refractivity contribution >= 4 is 29.2 Å². The van der Waals surface area contributed by atoms with Crippen LogP contribution in [-0.4, -0.2) is 17.6 Å². The highest BCUT2D eigenvalue weighted by molar-refractivity contribution is 6.35. The molecule has 0 saturated carbocycles. The van der Waals surface area contributed by atoms with Gasteiger partial charge in [-0.15, -0.1) is 0 Å². The van der Waals surface area contributed by atoms with E-state index in [-0.39, 0.29) is 6.04 Å². The van der Waals surface area contributed by atoms with E-state index in [4.69, 9.17) is 28.3 Å². The Morgan fingerprint density at radius 3 is 2.72 bits per heavy atom. The van der Waals surface area contributed by atoms with Crippen molar-refractivity contribution in [2.75, 3.05) is 6.54 Å². The molecular weight excluding hydrogens is 273 g/mol. The molecule has 0 aliphatic rings. The second-order valence-corrected chi connectivity index (χ2v) is 4.83. The normalized spacial score (nSPS) is 13.4. The molecule has 1 aromatic rings. The van der Waals surface area contributed by atoms with Crippen LogP contribution in [0.2, 0.25) is 10.0 Å². The molecule has 18 heavy (non-hydrogen) atoms. The van der Waals surface area contributed by atoms with Crippen molar-refractivity contribution in [2.45, 2.75) is 19.9 Å². The molecule has 2 N–H and O–H groups in total. The molecule has 0 spiro atoms. The van der Waals surface area contributed by atoms with Gasteiger partial charge in [-0.3, -0.25) is 0 Å². The van der Waals surface area contributed by atoms with Gasteiger partial charge in [0.1, 0.15) is 0 Å². The maximum absolute atomic E-state index is 10.6. The molecule has 0 radical (unpaired) electrons. The second kappa shape index (κ2) is 6.78. The minimum absolute atomic E-state index is 0.0209. The van der Waals surface area contributed by atoms with Gasteiger partial charge in [-0.05, 0) is 31.5 Å². The Morgan fingerprint density at radius 1 is 1.50 bits per heavy atom. The molecule has 5 heteroatoms. The first kappa shape index (κ1) is 15.0. The Kier molecular flexibility index (Phi) is 5.66. The van der Waals surface area contributed by atoms with Crippen LogP contribution < -0.4 is 5.32 Å². The van der Waals surface area contributed by atoms with E-state index in [0.717, 1.165) is 5.56 Å². The quantitative estimate of drug-likeness (QED) is 0.813. The molecule has 3 nitrogen and oxygen atoms in total. The number of hydrogen-bond donors (Lipinski definition) is 2. The van der Waals surface area contributed by atoms with E-state index in [1.54, 1.807) is 25.1 Å². The number of carboxylic acid groups (broad SMARTS) is 1. The van der Waals surface area contributed by atoms with E-state index < -0.39 is 5.97 Å². The molecule has 98 valence electrons. The van der Waals surface area contributed by atoms with E-state index in [2.05, 4.69) is 5.32 Å². The molecular formula is C13H15Cl2NO2. The van der Waals surface area contributed by atoms with Gasteiger partial charge in [0.25, 0.3) is 0 Å². The van der Waals surface area contributed by atoms with Crippen molar-refractivity contribution in [1.82, 2.24) is 5.32 Å². The standard InChI is InChI=1S/C13H15Cl2NO2/c1-8(13(17)18)5-6-16-9(2)11-4-3-10(14)7-12(11)15/h3-5,7,9,16H,6H2,1-2H3,(H,17,18)/b8-5-. The van der Waals surface area contributed by atoms with Gasteiger partial charge < -0.3 is 10.4 Å². The molecule has 0 amide bonds. The maximum Gasteiger partial charge on any atom is 0.330 e. The third-order valence-electron chi connectivity index (χ3n) is 2.60. The molecule has 0 fully saturated rings. The summed E-state index contributed by atoms with van der Waals surface area (Å²) in [6.07, 6.45) is 1.63. The fourth-order valence-corrected chi connectivity index (χ4v) is 2.01. The first-order valence-corrected chi connectivity index (χ1v) is 6.25. The lowest BCUT2D eigenvalue weighted by Gasteiger charge is -2.14. The first-order valence-electron chi connectivity index (χ1n) is 5.50. The zero-order valence-electron chi connectivity index (χ0n) is 10.2. The zero-order chi connectivity index (χ0) is 13.7. The summed E-state index contributed by atoms with van der Waals surface area (Å²) in [6.45, 7) is 3.99. The summed E-state index contributed by atoms with van der Waals surface area (Å²) in [7, 11) is 0. The lowest BCUT2D eigenvalue weighted by Crippen LogP contribution is -2.19. The summed E-state index contributed by atoms with van der Waals surface area (Å²) in [6, 6.07) is 5.34. The van der Waals surface area contributed by atoms with Crippen LogP contribution in [0.1, 0.15) is 25.5 Å². The van der Waals surface area contributed by atoms with Gasteiger partial charge >= 0.3 is 5.97 Å². The van der Waals surface area contributed by atoms with E-state index in [1.165, 1.54) is 0 Å². The summed E-state index contributed by atoms with van der Waals surface area (Å²) in [5.74, 6) is -0.908. The van der Waals surface area contributed by atoms with Gasteiger partial charge in [0, 0.05) is 28.2 Å². The number of rotatable bonds is 5. The number of carboxylic acids is 1. The van der Waals surface area contributed by atoms with E-state index in [1.807, 2.05) is 13.0 Å². The van der Waals surface area contributed by atoms with Crippen molar-refractivity contribution in [3.63, 3.8) is 0 Å². The van der Waals surface area contributed by atoms with Crippen LogP contribution in [0.3, 0.4) is 0 Å². The summed E-state index contributed by atoms with van der Waals surface area (Å²) >= 11 is 11.9. The predicted octanol–water partition coefficient (Wildman–Crippen LogP) is 3.67. The molecule has 1 atom stereocenters. The van der Waals surface area contributed by atoms with Crippen LogP contribution >= 0.6 is 23.2 Å². The van der Waals surface area contributed by atoms with Gasteiger partial charge in [-0.25, -0.2) is 4.79 Å². The largest absolute Gasteiger partial charge is 0.478 e. The van der Waals surface area contributed by atoms with Crippen molar-refractivity contribution in [2.24, 2.45) is 0 Å². The lowest BCUT2D eigenvalue weighted by atomic mass is 10.1. The van der Waals surface area contributed by atoms with Crippen molar-refractivity contribution in [3.8, 4) is 0 Å². The van der Waals surface area contributed by atoms with Gasteiger partial charge in [-0.1, -0.05) is 35.3 Å². The predicted molar refractivity (Wildman–Crippen MR) is 74.3 cm³/mol. The number of benzene rings is 1. The van der Waals surface area contributed by atoms with Crippen LogP contribution in [0.15, 0.2) is 29.8 Å². The lowest BCUT2D eigenvalue weighted by molar-refractivity contribution is -0.132. The molecule has 0 heterocycles. The Labute approximate surface area is 116 Å². The molecule has 1 rings (SSSR count). The first-order chi connectivity index (χ1) is 8.41. The van der Waals surface area contributed by atoms with Gasteiger partial charge in [-0.2, -0.15) is 0 Å². The molecule has 0 aliphatic carbocycles. The third-order valence-corrected chi connectivity index (χ3v) is 3.16. The van der Waals surface area contributed by atoms with Gasteiger partial charge in [0.05, 0.1) is 0 Å². The second-order valence-electron chi connectivity index (χ2n) is 3.99. The Bertz CT molecular complexity index is 472. The summed E-state index contributed by atoms with van der Waals surface area (Å²) in [4.78, 5) is 10.6. The highest BCUT2D eigenvalue weighted by Crippen LogP contribution is 2.25. The van der Waals surface area contributed by atoms with Crippen molar-refractivity contribution in [1.29, 1.82) is 0 Å². The highest BCUT2D eigenvalue weighted by Gasteiger charge is 2.09. The number of hydrogen-bond acceptors (Lipinski definition) is 2. The average Bonchev–Trinajstić information content (AvgIpc) is 2.28. The van der Waals surface area contributed by atoms with Gasteiger partial charge in [0.15, 0.2) is 0 Å². The van der Waals surface area contributed by atoms with Crippen LogP contribution in [-0.2, 0) is 4.79 Å². The maximum atomic E-state index is 10.6. The Hall–Kier alpha value is -1.03. The van der Waals surface area contributed by atoms with Crippen molar-refractivity contribution < 1.29 is 9.90 Å². The average molecular weight is 288 g/mol. The van der Waals surface area contributed by atoms with Crippen LogP contribution in [0, 0.1) is 0 Å². The zero-order valence-corrected chi connectivity index (χ0v) is 11.7. The number of nitrogens with one attached hydrogen (secondary N) is 1. The van der Waals surface area contributed by atoms with E-state index in [0.29, 0.717) is 22.2 Å². The fraction of sp³-hybridized carbons (Fsp3) is 0.308. The van der Waals surface area contributed by atoms with Crippen LogP contribution in [0.25, 0.3) is 0 Å². The Morgan fingerprint density at radius 2 is 2.17 bits per heavy atom. The molecule has 0 aliphatic heterocycles. The van der Waals surface area contributed by atoms with Crippen LogP contribution in [0.5, 0.6) is 0 Å². The summed E-state index contributed by atoms with van der Waals surface area (Å²) in [5.41, 5.74) is 1.25. The number of halogens is 2. The third kappa shape index (κ3) is 4.33. The Balaban J connectivity index is 2.63. The molecule has 1 unspecified atom stereocenters. The molecule has 1 aromatic carbocycles. The highest BCUT2D eigenvalue weighted by atomic mass is 35.5. The number of carbonyl (C=O) groups is 1. The fourth-order valence-electron chi connectivity index (χ4n) is 1.44. The topological polar surface area (TPSA) is 49.3 Å². The van der Waals surface area contributed by atoms with Crippen LogP contribution in [0.4, 0.5) is 0 Å². The van der Waals surface area contributed by atoms with Gasteiger partial charge in [0.2, 0.25) is 0 Å². The van der Waals surface area contributed by atoms with E-state index >= 15 is 0 Å². The van der Waals surface area contributed by atoms with E-state index in [9.17, 15) is 4.79 Å². The molecule has 0 bridgehead atoms. The smallest absolute Gasteiger partial charge is 0.330 e. The minimum Gasteiger partial charge on any atom is -0.478 e. The minimum atomic E-state index is -0.908. The number of aliphatic carboxylic acids is 1.